The van der Waals surface area contributed by atoms with Crippen LogP contribution in [0.15, 0.2) is 12.3 Å². The average molecular weight is 317 g/mol. The number of nitrogens with zero attached hydrogens (tertiary/aromatic N) is 5. The molecule has 0 N–H and O–H groups in total. The molecule has 0 atom stereocenters. The third-order valence-electron chi connectivity index (χ3n) is 4.19. The van der Waals surface area contributed by atoms with Gasteiger partial charge in [-0.3, -0.25) is 14.1 Å². The van der Waals surface area contributed by atoms with E-state index in [2.05, 4.69) is 34.1 Å². The zero-order valence-electron chi connectivity index (χ0n) is 13.9. The second-order valence-electron chi connectivity index (χ2n) is 6.03. The molecule has 0 aromatic carbocycles. The molecular weight excluding hydrogens is 294 g/mol. The Kier molecular flexibility index (Phi) is 4.58. The van der Waals surface area contributed by atoms with E-state index in [1.165, 1.54) is 0 Å². The standard InChI is InChI=1S/C16H23N5O2/c1-12-8-13(2)21-10-14(18-16(21)17-12)9-19-4-6-20(7-5-19)15(22)11-23-3/h8,10H,4-7,9,11H2,1-3H3. The zero-order valence-corrected chi connectivity index (χ0v) is 13.9. The van der Waals surface area contributed by atoms with Crippen molar-refractivity contribution in [2.45, 2.75) is 20.4 Å². The largest absolute Gasteiger partial charge is 0.375 e. The molecule has 1 amide bonds. The maximum Gasteiger partial charge on any atom is 0.248 e. The molecule has 2 aromatic heterocycles. The van der Waals surface area contributed by atoms with E-state index < -0.39 is 0 Å². The Morgan fingerprint density at radius 1 is 1.22 bits per heavy atom. The summed E-state index contributed by atoms with van der Waals surface area (Å²) in [6.45, 7) is 8.19. The van der Waals surface area contributed by atoms with Gasteiger partial charge in [-0.15, -0.1) is 0 Å². The fourth-order valence-electron chi connectivity index (χ4n) is 2.99. The number of carbonyl (C=O) groups is 1. The van der Waals surface area contributed by atoms with Gasteiger partial charge in [0.15, 0.2) is 0 Å². The lowest BCUT2D eigenvalue weighted by molar-refractivity contribution is -0.136. The normalized spacial score (nSPS) is 16.2. The van der Waals surface area contributed by atoms with E-state index in [1.54, 1.807) is 7.11 Å². The number of piperazine rings is 1. The van der Waals surface area contributed by atoms with Crippen LogP contribution in [0.4, 0.5) is 0 Å². The molecule has 3 heterocycles. The highest BCUT2D eigenvalue weighted by Crippen LogP contribution is 2.12. The number of rotatable bonds is 4. The average Bonchev–Trinajstić information content (AvgIpc) is 2.91. The molecule has 0 saturated carbocycles. The molecule has 7 heteroatoms. The monoisotopic (exact) mass is 317 g/mol. The van der Waals surface area contributed by atoms with E-state index in [0.717, 1.165) is 55.6 Å². The van der Waals surface area contributed by atoms with Crippen LogP contribution in [0.3, 0.4) is 0 Å². The summed E-state index contributed by atoms with van der Waals surface area (Å²) in [4.78, 5) is 25.1. The van der Waals surface area contributed by atoms with Crippen molar-refractivity contribution in [1.82, 2.24) is 24.2 Å². The summed E-state index contributed by atoms with van der Waals surface area (Å²) < 4.78 is 6.94. The summed E-state index contributed by atoms with van der Waals surface area (Å²) in [5.41, 5.74) is 3.14. The minimum absolute atomic E-state index is 0.0650. The van der Waals surface area contributed by atoms with Crippen LogP contribution < -0.4 is 0 Å². The van der Waals surface area contributed by atoms with Crippen molar-refractivity contribution in [2.24, 2.45) is 0 Å². The van der Waals surface area contributed by atoms with Crippen molar-refractivity contribution in [3.8, 4) is 0 Å². The zero-order chi connectivity index (χ0) is 16.4. The molecule has 2 aromatic rings. The highest BCUT2D eigenvalue weighted by Gasteiger charge is 2.21. The minimum Gasteiger partial charge on any atom is -0.375 e. The number of methoxy groups -OCH3 is 1. The van der Waals surface area contributed by atoms with Gasteiger partial charge in [0.05, 0.1) is 5.69 Å². The second-order valence-corrected chi connectivity index (χ2v) is 6.03. The van der Waals surface area contributed by atoms with Crippen molar-refractivity contribution in [1.29, 1.82) is 0 Å². The topological polar surface area (TPSA) is 63.0 Å². The fraction of sp³-hybridized carbons (Fsp3) is 0.562. The minimum atomic E-state index is 0.0650. The highest BCUT2D eigenvalue weighted by molar-refractivity contribution is 5.77. The van der Waals surface area contributed by atoms with E-state index >= 15 is 0 Å². The van der Waals surface area contributed by atoms with Crippen molar-refractivity contribution >= 4 is 11.7 Å². The Balaban J connectivity index is 1.63. The Morgan fingerprint density at radius 3 is 2.65 bits per heavy atom. The van der Waals surface area contributed by atoms with Crippen LogP contribution in [0.1, 0.15) is 17.1 Å². The van der Waals surface area contributed by atoms with Gasteiger partial charge in [0.2, 0.25) is 11.7 Å². The smallest absolute Gasteiger partial charge is 0.248 e. The fourth-order valence-corrected chi connectivity index (χ4v) is 2.99. The van der Waals surface area contributed by atoms with Crippen molar-refractivity contribution < 1.29 is 9.53 Å². The maximum absolute atomic E-state index is 11.8. The van der Waals surface area contributed by atoms with E-state index in [9.17, 15) is 4.79 Å². The number of aromatic nitrogens is 3. The van der Waals surface area contributed by atoms with Crippen LogP contribution in [-0.2, 0) is 16.1 Å². The molecule has 124 valence electrons. The van der Waals surface area contributed by atoms with E-state index in [-0.39, 0.29) is 12.5 Å². The first-order valence-electron chi connectivity index (χ1n) is 7.88. The molecule has 1 aliphatic rings. The number of hydrogen-bond acceptors (Lipinski definition) is 5. The van der Waals surface area contributed by atoms with Crippen molar-refractivity contribution in [2.75, 3.05) is 39.9 Å². The lowest BCUT2D eigenvalue weighted by atomic mass is 10.3. The van der Waals surface area contributed by atoms with Crippen LogP contribution in [0, 0.1) is 13.8 Å². The van der Waals surface area contributed by atoms with Crippen LogP contribution in [0.25, 0.3) is 5.78 Å². The summed E-state index contributed by atoms with van der Waals surface area (Å²) in [6, 6.07) is 2.05. The summed E-state index contributed by atoms with van der Waals surface area (Å²) >= 11 is 0. The Hall–Kier alpha value is -1.99. The Bertz CT molecular complexity index is 704. The molecule has 1 aliphatic heterocycles. The van der Waals surface area contributed by atoms with Gasteiger partial charge < -0.3 is 9.64 Å². The third-order valence-corrected chi connectivity index (χ3v) is 4.19. The van der Waals surface area contributed by atoms with Crippen LogP contribution in [0.2, 0.25) is 0 Å². The summed E-state index contributed by atoms with van der Waals surface area (Å²) in [7, 11) is 1.55. The first-order chi connectivity index (χ1) is 11.1. The molecule has 0 spiro atoms. The van der Waals surface area contributed by atoms with Gasteiger partial charge in [0, 0.05) is 57.4 Å². The third kappa shape index (κ3) is 3.51. The molecule has 0 radical (unpaired) electrons. The van der Waals surface area contributed by atoms with Gasteiger partial charge in [0.25, 0.3) is 0 Å². The highest BCUT2D eigenvalue weighted by atomic mass is 16.5. The first kappa shape index (κ1) is 15.9. The van der Waals surface area contributed by atoms with Gasteiger partial charge >= 0.3 is 0 Å². The second kappa shape index (κ2) is 6.64. The SMILES string of the molecule is COCC(=O)N1CCN(Cc2cn3c(C)cc(C)nc3n2)CC1. The van der Waals surface area contributed by atoms with E-state index in [4.69, 9.17) is 4.74 Å². The Labute approximate surface area is 135 Å². The Morgan fingerprint density at radius 2 is 1.96 bits per heavy atom. The van der Waals surface area contributed by atoms with E-state index in [1.807, 2.05) is 16.2 Å². The predicted octanol–water partition coefficient (Wildman–Crippen LogP) is 0.637. The van der Waals surface area contributed by atoms with Crippen LogP contribution in [0.5, 0.6) is 0 Å². The molecule has 0 unspecified atom stereocenters. The number of imidazole rings is 1. The van der Waals surface area contributed by atoms with Gasteiger partial charge in [-0.05, 0) is 19.9 Å². The summed E-state index contributed by atoms with van der Waals surface area (Å²) in [5, 5.41) is 0. The van der Waals surface area contributed by atoms with Crippen LogP contribution in [-0.4, -0.2) is 70.0 Å². The maximum atomic E-state index is 11.8. The molecule has 0 bridgehead atoms. The number of fused-ring (bicyclic) bond motifs is 1. The molecule has 3 rings (SSSR count). The van der Waals surface area contributed by atoms with Crippen molar-refractivity contribution in [3.63, 3.8) is 0 Å². The van der Waals surface area contributed by atoms with Gasteiger partial charge in [-0.25, -0.2) is 9.97 Å². The van der Waals surface area contributed by atoms with Crippen LogP contribution >= 0.6 is 0 Å². The predicted molar refractivity (Wildman–Crippen MR) is 86.2 cm³/mol. The quantitative estimate of drug-likeness (QED) is 0.828. The molecule has 1 fully saturated rings. The number of ether oxygens (including phenoxy) is 1. The molecular formula is C16H23N5O2. The molecule has 23 heavy (non-hydrogen) atoms. The molecule has 1 saturated heterocycles. The first-order valence-corrected chi connectivity index (χ1v) is 7.88. The van der Waals surface area contributed by atoms with E-state index in [0.29, 0.717) is 0 Å². The van der Waals surface area contributed by atoms with Gasteiger partial charge in [0.1, 0.15) is 6.61 Å². The number of hydrogen-bond donors (Lipinski definition) is 0. The summed E-state index contributed by atoms with van der Waals surface area (Å²) in [5.74, 6) is 0.821. The number of aryl methyl sites for hydroxylation is 2. The lowest BCUT2D eigenvalue weighted by Crippen LogP contribution is -2.49. The number of carbonyl (C=O) groups excluding carboxylic acids is 1. The van der Waals surface area contributed by atoms with Gasteiger partial charge in [-0.1, -0.05) is 0 Å². The van der Waals surface area contributed by atoms with Crippen molar-refractivity contribution in [3.05, 3.63) is 29.3 Å². The number of amides is 1. The summed E-state index contributed by atoms with van der Waals surface area (Å²) in [6.07, 6.45) is 2.06. The lowest BCUT2D eigenvalue weighted by Gasteiger charge is -2.34. The molecule has 0 aliphatic carbocycles. The van der Waals surface area contributed by atoms with Gasteiger partial charge in [-0.2, -0.15) is 0 Å². The molecule has 7 nitrogen and oxygen atoms in total.